The zero-order valence-corrected chi connectivity index (χ0v) is 13.4. The minimum atomic E-state index is -0.612. The number of rotatable bonds is 2. The third-order valence-corrected chi connectivity index (χ3v) is 4.96. The fourth-order valence-electron chi connectivity index (χ4n) is 2.91. The second kappa shape index (κ2) is 6.00. The van der Waals surface area contributed by atoms with Crippen molar-refractivity contribution in [3.8, 4) is 0 Å². The smallest absolute Gasteiger partial charge is 0.261 e. The summed E-state index contributed by atoms with van der Waals surface area (Å²) in [5.41, 5.74) is 2.07. The highest BCUT2D eigenvalue weighted by Gasteiger charge is 2.28. The Morgan fingerprint density at radius 1 is 1.50 bits per heavy atom. The molecule has 1 aliphatic heterocycles. The molecule has 1 aliphatic carbocycles. The summed E-state index contributed by atoms with van der Waals surface area (Å²) < 4.78 is 5.43. The maximum Gasteiger partial charge on any atom is 0.261 e. The quantitative estimate of drug-likeness (QED) is 0.780. The third-order valence-electron chi connectivity index (χ3n) is 3.95. The molecule has 6 nitrogen and oxygen atoms in total. The first-order valence-corrected chi connectivity index (χ1v) is 7.83. The Morgan fingerprint density at radius 2 is 2.36 bits per heavy atom. The van der Waals surface area contributed by atoms with Crippen molar-refractivity contribution in [2.24, 2.45) is 0 Å². The molecule has 3 heterocycles. The van der Waals surface area contributed by atoms with Gasteiger partial charge in [0.25, 0.3) is 5.91 Å². The lowest BCUT2D eigenvalue weighted by molar-refractivity contribution is 0.101. The zero-order chi connectivity index (χ0) is 14.4. The van der Waals surface area contributed by atoms with Gasteiger partial charge < -0.3 is 14.8 Å². The summed E-state index contributed by atoms with van der Waals surface area (Å²) in [5, 5.41) is 16.7. The van der Waals surface area contributed by atoms with Gasteiger partial charge in [0.05, 0.1) is 17.4 Å². The van der Waals surface area contributed by atoms with Gasteiger partial charge >= 0.3 is 0 Å². The van der Waals surface area contributed by atoms with Crippen LogP contribution in [0.5, 0.6) is 0 Å². The fraction of sp³-hybridized carbons (Fsp3) is 0.429. The van der Waals surface area contributed by atoms with Crippen molar-refractivity contribution in [2.75, 3.05) is 5.32 Å². The van der Waals surface area contributed by atoms with Crippen molar-refractivity contribution in [2.45, 2.75) is 38.5 Å². The average molecular weight is 342 g/mol. The summed E-state index contributed by atoms with van der Waals surface area (Å²) in [6.07, 6.45) is 3.16. The lowest BCUT2D eigenvalue weighted by Crippen LogP contribution is -2.17. The van der Waals surface area contributed by atoms with E-state index in [9.17, 15) is 9.90 Å². The average Bonchev–Trinajstić information content (AvgIpc) is 3.11. The molecule has 22 heavy (non-hydrogen) atoms. The second-order valence-electron chi connectivity index (χ2n) is 5.34. The minimum Gasteiger partial charge on any atom is -0.468 e. The number of aliphatic hydroxyl groups excluding tert-OH is 1. The third kappa shape index (κ3) is 2.54. The number of carbonyl (C=O) groups is 1. The number of carbonyl (C=O) groups excluding carboxylic acids is 1. The highest BCUT2D eigenvalue weighted by molar-refractivity contribution is 7.15. The molecular weight excluding hydrogens is 326 g/mol. The van der Waals surface area contributed by atoms with Gasteiger partial charge in [-0.1, -0.05) is 0 Å². The molecule has 2 aromatic rings. The predicted octanol–water partition coefficient (Wildman–Crippen LogP) is 2.38. The summed E-state index contributed by atoms with van der Waals surface area (Å²) >= 11 is 1.49. The number of amides is 1. The normalized spacial score (nSPS) is 19.2. The van der Waals surface area contributed by atoms with Crippen LogP contribution in [-0.4, -0.2) is 16.0 Å². The number of nitrogens with one attached hydrogen (secondary N) is 2. The Labute approximate surface area is 137 Å². The van der Waals surface area contributed by atoms with Gasteiger partial charge in [0.2, 0.25) is 0 Å². The lowest BCUT2D eigenvalue weighted by Gasteiger charge is -2.17. The molecule has 0 saturated carbocycles. The van der Waals surface area contributed by atoms with Crippen LogP contribution in [0.25, 0.3) is 0 Å². The Kier molecular flexibility index (Phi) is 4.22. The predicted molar refractivity (Wildman–Crippen MR) is 84.5 cm³/mol. The molecule has 2 aromatic heterocycles. The van der Waals surface area contributed by atoms with Crippen LogP contribution in [0.15, 0.2) is 10.7 Å². The molecule has 1 amide bonds. The molecule has 118 valence electrons. The number of aromatic nitrogens is 1. The van der Waals surface area contributed by atoms with Crippen molar-refractivity contribution >= 4 is 34.8 Å². The number of halogens is 1. The molecule has 1 atom stereocenters. The number of hydrogen-bond donors (Lipinski definition) is 3. The number of nitrogens with zero attached hydrogens (tertiary/aromatic N) is 1. The van der Waals surface area contributed by atoms with Crippen molar-refractivity contribution in [1.29, 1.82) is 0 Å². The van der Waals surface area contributed by atoms with Gasteiger partial charge in [0.1, 0.15) is 12.0 Å². The fourth-order valence-corrected chi connectivity index (χ4v) is 3.86. The monoisotopic (exact) mass is 341 g/mol. The highest BCUT2D eigenvalue weighted by Crippen LogP contribution is 2.34. The largest absolute Gasteiger partial charge is 0.468 e. The molecule has 2 aliphatic rings. The molecule has 8 heteroatoms. The standard InChI is InChI=1S/C14H15N3O3S.ClH/c18-9-2-1-3-10-12(9)7(6-20-10)13(19)17-14-16-8-4-15-5-11(8)21-14;/h6,9,15,18H,1-5H2,(H,16,17,19);1H. The summed E-state index contributed by atoms with van der Waals surface area (Å²) in [6, 6.07) is 0. The molecule has 0 radical (unpaired) electrons. The SMILES string of the molecule is Cl.O=C(Nc1nc2c(s1)CNC2)c1coc2c1C(O)CCC2. The van der Waals surface area contributed by atoms with Gasteiger partial charge in [-0.25, -0.2) is 4.98 Å². The number of thiazole rings is 1. The van der Waals surface area contributed by atoms with E-state index in [-0.39, 0.29) is 18.3 Å². The molecule has 0 bridgehead atoms. The topological polar surface area (TPSA) is 87.4 Å². The van der Waals surface area contributed by atoms with E-state index >= 15 is 0 Å². The van der Waals surface area contributed by atoms with E-state index < -0.39 is 6.10 Å². The van der Waals surface area contributed by atoms with E-state index in [1.807, 2.05) is 0 Å². The Morgan fingerprint density at radius 3 is 3.18 bits per heavy atom. The zero-order valence-electron chi connectivity index (χ0n) is 11.7. The van der Waals surface area contributed by atoms with Gasteiger partial charge in [-0.2, -0.15) is 0 Å². The van der Waals surface area contributed by atoms with Crippen LogP contribution in [0.1, 0.15) is 51.2 Å². The van der Waals surface area contributed by atoms with Gasteiger partial charge in [-0.15, -0.1) is 23.7 Å². The van der Waals surface area contributed by atoms with E-state index in [1.165, 1.54) is 22.5 Å². The van der Waals surface area contributed by atoms with Crippen LogP contribution >= 0.6 is 23.7 Å². The Bertz CT molecular complexity index is 691. The van der Waals surface area contributed by atoms with E-state index in [1.54, 1.807) is 0 Å². The lowest BCUT2D eigenvalue weighted by atomic mass is 9.92. The maximum absolute atomic E-state index is 12.4. The minimum absolute atomic E-state index is 0. The molecule has 3 N–H and O–H groups in total. The van der Waals surface area contributed by atoms with Crippen LogP contribution in [0.3, 0.4) is 0 Å². The van der Waals surface area contributed by atoms with Crippen LogP contribution in [0.4, 0.5) is 5.13 Å². The van der Waals surface area contributed by atoms with Crippen molar-refractivity contribution in [1.82, 2.24) is 10.3 Å². The number of hydrogen-bond acceptors (Lipinski definition) is 6. The molecule has 1 unspecified atom stereocenters. The summed E-state index contributed by atoms with van der Waals surface area (Å²) in [7, 11) is 0. The maximum atomic E-state index is 12.4. The van der Waals surface area contributed by atoms with Gasteiger partial charge in [0.15, 0.2) is 5.13 Å². The molecule has 4 rings (SSSR count). The first-order chi connectivity index (χ1) is 10.2. The highest BCUT2D eigenvalue weighted by atomic mass is 35.5. The number of anilines is 1. The summed E-state index contributed by atoms with van der Waals surface area (Å²) in [6.45, 7) is 1.56. The van der Waals surface area contributed by atoms with Gasteiger partial charge in [-0.3, -0.25) is 10.1 Å². The van der Waals surface area contributed by atoms with Gasteiger partial charge in [-0.05, 0) is 12.8 Å². The molecule has 0 saturated heterocycles. The van der Waals surface area contributed by atoms with E-state index in [2.05, 4.69) is 15.6 Å². The Balaban J connectivity index is 0.00000144. The van der Waals surface area contributed by atoms with Crippen molar-refractivity contribution in [3.63, 3.8) is 0 Å². The summed E-state index contributed by atoms with van der Waals surface area (Å²) in [4.78, 5) is 18.0. The van der Waals surface area contributed by atoms with E-state index in [4.69, 9.17) is 4.42 Å². The van der Waals surface area contributed by atoms with Gasteiger partial charge in [0, 0.05) is 30.0 Å². The van der Waals surface area contributed by atoms with Crippen LogP contribution in [0, 0.1) is 0 Å². The molecule has 0 aromatic carbocycles. The summed E-state index contributed by atoms with van der Waals surface area (Å²) in [5.74, 6) is 0.464. The van der Waals surface area contributed by atoms with Crippen LogP contribution in [0.2, 0.25) is 0 Å². The number of aryl methyl sites for hydroxylation is 1. The van der Waals surface area contributed by atoms with E-state index in [0.717, 1.165) is 37.4 Å². The number of fused-ring (bicyclic) bond motifs is 2. The first kappa shape index (κ1) is 15.5. The number of furan rings is 1. The Hall–Kier alpha value is -1.41. The molecular formula is C14H16ClN3O3S. The second-order valence-corrected chi connectivity index (χ2v) is 6.42. The van der Waals surface area contributed by atoms with Crippen LogP contribution < -0.4 is 10.6 Å². The van der Waals surface area contributed by atoms with Crippen molar-refractivity contribution < 1.29 is 14.3 Å². The number of aliphatic hydroxyl groups is 1. The van der Waals surface area contributed by atoms with Crippen molar-refractivity contribution in [3.05, 3.63) is 33.7 Å². The first-order valence-electron chi connectivity index (χ1n) is 7.01. The van der Waals surface area contributed by atoms with E-state index in [0.29, 0.717) is 22.7 Å². The van der Waals surface area contributed by atoms with Crippen LogP contribution in [-0.2, 0) is 19.5 Å². The molecule has 0 spiro atoms. The molecule has 0 fully saturated rings.